The van der Waals surface area contributed by atoms with E-state index in [1.807, 2.05) is 13.8 Å². The molecule has 2 aromatic rings. The van der Waals surface area contributed by atoms with Crippen LogP contribution in [0.1, 0.15) is 35.8 Å². The maximum atomic E-state index is 13.0. The van der Waals surface area contributed by atoms with Gasteiger partial charge in [0.25, 0.3) is 5.91 Å². The van der Waals surface area contributed by atoms with Gasteiger partial charge in [0.15, 0.2) is 0 Å². The molecule has 110 valence electrons. The molecule has 0 aliphatic rings. The van der Waals surface area contributed by atoms with Crippen LogP contribution in [0.3, 0.4) is 0 Å². The van der Waals surface area contributed by atoms with Crippen molar-refractivity contribution in [3.63, 3.8) is 0 Å². The van der Waals surface area contributed by atoms with Gasteiger partial charge in [-0.2, -0.15) is 0 Å². The Labute approximate surface area is 122 Å². The minimum absolute atomic E-state index is 0.0497. The van der Waals surface area contributed by atoms with E-state index in [0.29, 0.717) is 12.1 Å². The number of amides is 1. The lowest BCUT2D eigenvalue weighted by Gasteiger charge is -2.28. The van der Waals surface area contributed by atoms with E-state index in [4.69, 9.17) is 0 Å². The zero-order valence-electron chi connectivity index (χ0n) is 12.0. The van der Waals surface area contributed by atoms with E-state index in [0.717, 1.165) is 5.56 Å². The van der Waals surface area contributed by atoms with Crippen molar-refractivity contribution in [1.82, 2.24) is 9.88 Å². The van der Waals surface area contributed by atoms with Gasteiger partial charge in [0, 0.05) is 12.7 Å². The summed E-state index contributed by atoms with van der Waals surface area (Å²) in [5, 5.41) is 9.43. The highest BCUT2D eigenvalue weighted by Crippen LogP contribution is 2.23. The summed E-state index contributed by atoms with van der Waals surface area (Å²) in [6, 6.07) is 7.26. The number of aromatic hydroxyl groups is 1. The van der Waals surface area contributed by atoms with Crippen molar-refractivity contribution in [3.05, 3.63) is 59.7 Å². The number of rotatable bonds is 4. The van der Waals surface area contributed by atoms with Gasteiger partial charge in [-0.25, -0.2) is 4.39 Å². The molecule has 1 amide bonds. The number of nitrogens with zero attached hydrogens (tertiary/aromatic N) is 2. The molecular formula is C16H17FN2O2. The lowest BCUT2D eigenvalue weighted by molar-refractivity contribution is 0.0701. The molecule has 1 N–H and O–H groups in total. The summed E-state index contributed by atoms with van der Waals surface area (Å²) in [6.45, 7) is 4.24. The summed E-state index contributed by atoms with van der Waals surface area (Å²) in [6.07, 6.45) is 2.69. The Morgan fingerprint density at radius 1 is 1.33 bits per heavy atom. The third-order valence-corrected chi connectivity index (χ3v) is 3.39. The summed E-state index contributed by atoms with van der Waals surface area (Å²) in [5.41, 5.74) is 1.17. The van der Waals surface area contributed by atoms with Crippen LogP contribution in [0.5, 0.6) is 5.75 Å². The van der Waals surface area contributed by atoms with Crippen molar-refractivity contribution in [2.45, 2.75) is 19.9 Å². The van der Waals surface area contributed by atoms with E-state index in [1.54, 1.807) is 17.0 Å². The van der Waals surface area contributed by atoms with Gasteiger partial charge in [-0.1, -0.05) is 12.1 Å². The van der Waals surface area contributed by atoms with Crippen molar-refractivity contribution in [2.24, 2.45) is 0 Å². The molecule has 1 aromatic heterocycles. The first kappa shape index (κ1) is 15.0. The summed E-state index contributed by atoms with van der Waals surface area (Å²) < 4.78 is 13.0. The smallest absolute Gasteiger partial charge is 0.256 e. The highest BCUT2D eigenvalue weighted by Gasteiger charge is 2.21. The fraction of sp³-hybridized carbons (Fsp3) is 0.250. The van der Waals surface area contributed by atoms with Crippen LogP contribution in [0.15, 0.2) is 42.7 Å². The Bertz CT molecular complexity index is 628. The molecule has 1 atom stereocenters. The van der Waals surface area contributed by atoms with Crippen molar-refractivity contribution in [1.29, 1.82) is 0 Å². The van der Waals surface area contributed by atoms with Crippen molar-refractivity contribution in [3.8, 4) is 5.75 Å². The zero-order valence-corrected chi connectivity index (χ0v) is 12.0. The normalized spacial score (nSPS) is 12.0. The number of hydrogen-bond donors (Lipinski definition) is 1. The van der Waals surface area contributed by atoms with E-state index in [1.165, 1.54) is 30.6 Å². The molecule has 1 unspecified atom stereocenters. The molecule has 1 heterocycles. The van der Waals surface area contributed by atoms with Gasteiger partial charge in [-0.05, 0) is 37.6 Å². The lowest BCUT2D eigenvalue weighted by Crippen LogP contribution is -2.33. The molecule has 21 heavy (non-hydrogen) atoms. The van der Waals surface area contributed by atoms with E-state index in [9.17, 15) is 14.3 Å². The Balaban J connectivity index is 2.26. The van der Waals surface area contributed by atoms with Gasteiger partial charge in [0.2, 0.25) is 0 Å². The van der Waals surface area contributed by atoms with Crippen LogP contribution < -0.4 is 0 Å². The fourth-order valence-corrected chi connectivity index (χ4v) is 2.23. The quantitative estimate of drug-likeness (QED) is 0.940. The molecule has 1 aromatic carbocycles. The van der Waals surface area contributed by atoms with E-state index >= 15 is 0 Å². The third-order valence-electron chi connectivity index (χ3n) is 3.39. The second kappa shape index (κ2) is 6.35. The maximum absolute atomic E-state index is 13.0. The second-order valence-corrected chi connectivity index (χ2v) is 4.75. The van der Waals surface area contributed by atoms with Gasteiger partial charge < -0.3 is 10.0 Å². The predicted octanol–water partition coefficient (Wildman–Crippen LogP) is 3.15. The summed E-state index contributed by atoms with van der Waals surface area (Å²) in [7, 11) is 0. The average molecular weight is 288 g/mol. The molecule has 2 rings (SSSR count). The largest absolute Gasteiger partial charge is 0.506 e. The highest BCUT2D eigenvalue weighted by molar-refractivity contribution is 5.94. The van der Waals surface area contributed by atoms with Crippen molar-refractivity contribution >= 4 is 5.91 Å². The maximum Gasteiger partial charge on any atom is 0.256 e. The van der Waals surface area contributed by atoms with E-state index in [2.05, 4.69) is 4.98 Å². The Hall–Kier alpha value is -2.43. The number of aromatic nitrogens is 1. The number of hydrogen-bond acceptors (Lipinski definition) is 3. The molecule has 0 bridgehead atoms. The fourth-order valence-electron chi connectivity index (χ4n) is 2.23. The lowest BCUT2D eigenvalue weighted by atomic mass is 10.1. The zero-order chi connectivity index (χ0) is 15.4. The van der Waals surface area contributed by atoms with Crippen LogP contribution in [0, 0.1) is 5.82 Å². The molecule has 0 aliphatic heterocycles. The number of pyridine rings is 1. The Kier molecular flexibility index (Phi) is 4.52. The molecular weight excluding hydrogens is 271 g/mol. The number of benzene rings is 1. The molecule has 0 saturated heterocycles. The van der Waals surface area contributed by atoms with Gasteiger partial charge in [-0.15, -0.1) is 0 Å². The number of halogens is 1. The second-order valence-electron chi connectivity index (χ2n) is 4.75. The molecule has 0 spiro atoms. The molecule has 5 heteroatoms. The third kappa shape index (κ3) is 3.37. The molecule has 0 aliphatic carbocycles. The summed E-state index contributed by atoms with van der Waals surface area (Å²) >= 11 is 0. The summed E-state index contributed by atoms with van der Waals surface area (Å²) in [5.74, 6) is -0.582. The predicted molar refractivity (Wildman–Crippen MR) is 77.4 cm³/mol. The van der Waals surface area contributed by atoms with Crippen molar-refractivity contribution in [2.75, 3.05) is 6.54 Å². The monoisotopic (exact) mass is 288 g/mol. The van der Waals surface area contributed by atoms with Crippen molar-refractivity contribution < 1.29 is 14.3 Å². The van der Waals surface area contributed by atoms with Gasteiger partial charge in [0.05, 0.1) is 17.8 Å². The van der Waals surface area contributed by atoms with Crippen LogP contribution in [-0.2, 0) is 0 Å². The van der Waals surface area contributed by atoms with Crippen LogP contribution in [0.4, 0.5) is 4.39 Å². The van der Waals surface area contributed by atoms with Gasteiger partial charge in [-0.3, -0.25) is 9.78 Å². The molecule has 0 radical (unpaired) electrons. The first-order chi connectivity index (χ1) is 10.0. The Morgan fingerprint density at radius 3 is 2.57 bits per heavy atom. The van der Waals surface area contributed by atoms with Gasteiger partial charge >= 0.3 is 0 Å². The minimum atomic E-state index is -0.308. The summed E-state index contributed by atoms with van der Waals surface area (Å²) in [4.78, 5) is 18.0. The highest BCUT2D eigenvalue weighted by atomic mass is 19.1. The minimum Gasteiger partial charge on any atom is -0.506 e. The first-order valence-corrected chi connectivity index (χ1v) is 6.73. The van der Waals surface area contributed by atoms with Crippen LogP contribution in [0.2, 0.25) is 0 Å². The average Bonchev–Trinajstić information content (AvgIpc) is 2.48. The topological polar surface area (TPSA) is 53.4 Å². The number of carbonyl (C=O) groups is 1. The number of carbonyl (C=O) groups excluding carboxylic acids is 1. The van der Waals surface area contributed by atoms with Crippen LogP contribution in [0.25, 0.3) is 0 Å². The van der Waals surface area contributed by atoms with Gasteiger partial charge in [0.1, 0.15) is 11.6 Å². The standard InChI is InChI=1S/C16H17FN2O2/c1-3-19(11(2)12-4-6-14(17)7-5-12)16(21)13-8-15(20)10-18-9-13/h4-11,20H,3H2,1-2H3. The van der Waals surface area contributed by atoms with E-state index < -0.39 is 0 Å². The van der Waals surface area contributed by atoms with Crippen LogP contribution >= 0.6 is 0 Å². The van der Waals surface area contributed by atoms with E-state index in [-0.39, 0.29) is 23.5 Å². The molecule has 0 saturated carbocycles. The van der Waals surface area contributed by atoms with Crippen LogP contribution in [-0.4, -0.2) is 27.4 Å². The first-order valence-electron chi connectivity index (χ1n) is 6.73. The Morgan fingerprint density at radius 2 is 2.00 bits per heavy atom. The molecule has 0 fully saturated rings. The SMILES string of the molecule is CCN(C(=O)c1cncc(O)c1)C(C)c1ccc(F)cc1. The molecule has 4 nitrogen and oxygen atoms in total.